The largest absolute Gasteiger partial charge is 0.393 e. The molecule has 0 amide bonds. The lowest BCUT2D eigenvalue weighted by Crippen LogP contribution is -2.40. The Hall–Kier alpha value is -2.10. The van der Waals surface area contributed by atoms with Gasteiger partial charge in [-0.15, -0.1) is 0 Å². The zero-order chi connectivity index (χ0) is 26.7. The van der Waals surface area contributed by atoms with Crippen molar-refractivity contribution in [1.29, 1.82) is 0 Å². The Morgan fingerprint density at radius 2 is 1.56 bits per heavy atom. The fourth-order valence-corrected chi connectivity index (χ4v) is 5.46. The summed E-state index contributed by atoms with van der Waals surface area (Å²) in [5.41, 5.74) is 7.64. The van der Waals surface area contributed by atoms with E-state index in [1.165, 1.54) is 12.1 Å². The van der Waals surface area contributed by atoms with Gasteiger partial charge in [0.2, 0.25) is 0 Å². The number of aliphatic hydroxyl groups is 1. The number of hydrogen-bond donors (Lipinski definition) is 2. The van der Waals surface area contributed by atoms with Gasteiger partial charge in [0, 0.05) is 5.92 Å². The van der Waals surface area contributed by atoms with E-state index in [0.29, 0.717) is 13.0 Å². The van der Waals surface area contributed by atoms with Gasteiger partial charge in [0.05, 0.1) is 25.6 Å². The Kier molecular flexibility index (Phi) is 9.11. The van der Waals surface area contributed by atoms with Crippen LogP contribution in [0.25, 0.3) is 0 Å². The zero-order valence-corrected chi connectivity index (χ0v) is 20.4. The maximum absolute atomic E-state index is 13.1. The van der Waals surface area contributed by atoms with Crippen LogP contribution in [0.5, 0.6) is 0 Å². The molecule has 0 radical (unpaired) electrons. The molecule has 2 aromatic rings. The van der Waals surface area contributed by atoms with E-state index in [9.17, 15) is 31.4 Å². The first-order chi connectivity index (χ1) is 16.8. The monoisotopic (exact) mass is 517 g/mol. The normalized spacial score (nSPS) is 24.1. The van der Waals surface area contributed by atoms with E-state index < -0.39 is 44.0 Å². The number of benzene rings is 2. The third kappa shape index (κ3) is 7.46. The zero-order valence-electron chi connectivity index (χ0n) is 20.4. The number of aliphatic hydroxyl groups excluding tert-OH is 1. The second-order valence-corrected chi connectivity index (χ2v) is 9.83. The molecule has 9 heteroatoms. The van der Waals surface area contributed by atoms with Gasteiger partial charge in [0.1, 0.15) is 6.10 Å². The van der Waals surface area contributed by atoms with Crippen LogP contribution in [0.2, 0.25) is 0 Å². The lowest BCUT2D eigenvalue weighted by Gasteiger charge is -2.43. The van der Waals surface area contributed by atoms with Crippen molar-refractivity contribution in [2.45, 2.75) is 70.0 Å². The van der Waals surface area contributed by atoms with Crippen LogP contribution < -0.4 is 5.73 Å². The molecule has 1 aliphatic rings. The molecule has 3 N–H and O–H groups in total. The second-order valence-electron chi connectivity index (χ2n) is 9.83. The van der Waals surface area contributed by atoms with Gasteiger partial charge in [0.15, 0.2) is 0 Å². The summed E-state index contributed by atoms with van der Waals surface area (Å²) in [5.74, 6) is 0.289. The summed E-state index contributed by atoms with van der Waals surface area (Å²) in [4.78, 5) is 0. The molecule has 0 unspecified atom stereocenters. The van der Waals surface area contributed by atoms with Gasteiger partial charge < -0.3 is 15.6 Å². The SMILES string of the molecule is Cc1ccccc1[C@H]1[C@H](C)[C@@H](CN)CC[C@@H]1O[C@H](CO)c1cc(CC(F)(F)F)cc(CC(F)(F)F)c1. The van der Waals surface area contributed by atoms with Gasteiger partial charge >= 0.3 is 12.4 Å². The molecule has 3 nitrogen and oxygen atoms in total. The predicted molar refractivity (Wildman–Crippen MR) is 126 cm³/mol. The molecule has 0 bridgehead atoms. The van der Waals surface area contributed by atoms with Gasteiger partial charge in [-0.1, -0.05) is 49.4 Å². The average molecular weight is 518 g/mol. The molecule has 5 atom stereocenters. The van der Waals surface area contributed by atoms with Crippen LogP contribution in [0.4, 0.5) is 26.3 Å². The van der Waals surface area contributed by atoms with Crippen molar-refractivity contribution in [3.63, 3.8) is 0 Å². The predicted octanol–water partition coefficient (Wildman–Crippen LogP) is 6.41. The van der Waals surface area contributed by atoms with Crippen LogP contribution in [-0.2, 0) is 17.6 Å². The molecular weight excluding hydrogens is 484 g/mol. The van der Waals surface area contributed by atoms with Crippen molar-refractivity contribution >= 4 is 0 Å². The number of aryl methyl sites for hydroxylation is 1. The molecule has 36 heavy (non-hydrogen) atoms. The van der Waals surface area contributed by atoms with E-state index in [2.05, 4.69) is 6.92 Å². The molecule has 2 aromatic carbocycles. The number of ether oxygens (including phenoxy) is 1. The molecule has 0 aromatic heterocycles. The smallest absolute Gasteiger partial charge is 0.393 e. The maximum atomic E-state index is 13.1. The molecule has 1 aliphatic carbocycles. The van der Waals surface area contributed by atoms with Crippen molar-refractivity contribution in [2.24, 2.45) is 17.6 Å². The van der Waals surface area contributed by atoms with E-state index in [0.717, 1.165) is 23.6 Å². The fraction of sp³-hybridized carbons (Fsp3) is 0.556. The third-order valence-corrected chi connectivity index (χ3v) is 7.14. The highest BCUT2D eigenvalue weighted by atomic mass is 19.4. The minimum atomic E-state index is -4.59. The first-order valence-corrected chi connectivity index (χ1v) is 12.1. The summed E-state index contributed by atoms with van der Waals surface area (Å²) in [5, 5.41) is 10.1. The summed E-state index contributed by atoms with van der Waals surface area (Å²) in [6.07, 6.45) is -12.0. The minimum absolute atomic E-state index is 0.0875. The maximum Gasteiger partial charge on any atom is 0.393 e. The van der Waals surface area contributed by atoms with Crippen molar-refractivity contribution in [1.82, 2.24) is 0 Å². The van der Waals surface area contributed by atoms with Gasteiger partial charge in [-0.2, -0.15) is 26.3 Å². The van der Waals surface area contributed by atoms with Gasteiger partial charge in [-0.05, 0) is 66.0 Å². The van der Waals surface area contributed by atoms with Crippen LogP contribution in [0.15, 0.2) is 42.5 Å². The number of nitrogens with two attached hydrogens (primary N) is 1. The Bertz CT molecular complexity index is 972. The Balaban J connectivity index is 1.97. The average Bonchev–Trinajstić information content (AvgIpc) is 2.76. The highest BCUT2D eigenvalue weighted by Gasteiger charge is 2.40. The van der Waals surface area contributed by atoms with Crippen molar-refractivity contribution in [3.8, 4) is 0 Å². The van der Waals surface area contributed by atoms with Crippen LogP contribution in [0.3, 0.4) is 0 Å². The third-order valence-electron chi connectivity index (χ3n) is 7.14. The molecule has 0 heterocycles. The van der Waals surface area contributed by atoms with E-state index in [1.807, 2.05) is 31.2 Å². The standard InChI is InChI=1S/C27H33F6NO2/c1-16-5-3-4-6-22(16)25-17(2)20(14-34)7-8-23(25)36-24(15-35)21-10-18(12-26(28,29)30)9-19(11-21)13-27(31,32)33/h3-6,9-11,17,20,23-25,35H,7-8,12-15,34H2,1-2H3/t17-,20-,23+,24-,25-/m1/s1. The van der Waals surface area contributed by atoms with Crippen molar-refractivity contribution < 1.29 is 36.2 Å². The van der Waals surface area contributed by atoms with Crippen LogP contribution in [0.1, 0.15) is 59.6 Å². The number of rotatable bonds is 8. The van der Waals surface area contributed by atoms with E-state index >= 15 is 0 Å². The topological polar surface area (TPSA) is 55.5 Å². The van der Waals surface area contributed by atoms with Crippen LogP contribution in [-0.4, -0.2) is 36.7 Å². The molecule has 1 saturated carbocycles. The molecule has 0 aliphatic heterocycles. The second kappa shape index (κ2) is 11.5. The van der Waals surface area contributed by atoms with Crippen molar-refractivity contribution in [2.75, 3.05) is 13.2 Å². The Morgan fingerprint density at radius 3 is 2.06 bits per heavy atom. The Morgan fingerprint density at radius 1 is 0.972 bits per heavy atom. The fourth-order valence-electron chi connectivity index (χ4n) is 5.46. The van der Waals surface area contributed by atoms with E-state index in [1.54, 1.807) is 0 Å². The lowest BCUT2D eigenvalue weighted by atomic mass is 9.68. The summed E-state index contributed by atoms with van der Waals surface area (Å²) in [7, 11) is 0. The van der Waals surface area contributed by atoms with Crippen LogP contribution >= 0.6 is 0 Å². The molecule has 0 spiro atoms. The number of alkyl halides is 6. The Labute approximate surface area is 207 Å². The van der Waals surface area contributed by atoms with Gasteiger partial charge in [-0.3, -0.25) is 0 Å². The highest BCUT2D eigenvalue weighted by molar-refractivity contribution is 5.34. The molecular formula is C27H33F6NO2. The first kappa shape index (κ1) is 28.5. The number of hydrogen-bond acceptors (Lipinski definition) is 3. The lowest BCUT2D eigenvalue weighted by molar-refractivity contribution is -0.127. The van der Waals surface area contributed by atoms with Gasteiger partial charge in [0.25, 0.3) is 0 Å². The first-order valence-electron chi connectivity index (χ1n) is 12.1. The quantitative estimate of drug-likeness (QED) is 0.398. The molecule has 200 valence electrons. The summed E-state index contributed by atoms with van der Waals surface area (Å²) in [6, 6.07) is 11.1. The molecule has 3 rings (SSSR count). The molecule has 0 saturated heterocycles. The summed E-state index contributed by atoms with van der Waals surface area (Å²) >= 11 is 0. The summed E-state index contributed by atoms with van der Waals surface area (Å²) < 4.78 is 84.8. The van der Waals surface area contributed by atoms with Crippen molar-refractivity contribution in [3.05, 3.63) is 70.3 Å². The van der Waals surface area contributed by atoms with E-state index in [-0.39, 0.29) is 34.4 Å². The highest BCUT2D eigenvalue weighted by Crippen LogP contribution is 2.45. The summed E-state index contributed by atoms with van der Waals surface area (Å²) in [6.45, 7) is 3.99. The van der Waals surface area contributed by atoms with Crippen LogP contribution in [0, 0.1) is 18.8 Å². The molecule has 1 fully saturated rings. The minimum Gasteiger partial charge on any atom is -0.393 e. The number of halogens is 6. The van der Waals surface area contributed by atoms with E-state index in [4.69, 9.17) is 10.5 Å². The van der Waals surface area contributed by atoms with Gasteiger partial charge in [-0.25, -0.2) is 0 Å².